The van der Waals surface area contributed by atoms with E-state index in [1.165, 1.54) is 5.00 Å². The Balaban J connectivity index is 2.03. The molecule has 3 nitrogen and oxygen atoms in total. The lowest BCUT2D eigenvalue weighted by Crippen LogP contribution is -2.15. The molecule has 2 rings (SSSR count). The molecule has 0 bridgehead atoms. The SMILES string of the molecule is CN(C)CCSc1nccn1-c1cccs1. The highest BCUT2D eigenvalue weighted by Crippen LogP contribution is 2.23. The van der Waals surface area contributed by atoms with Crippen molar-refractivity contribution < 1.29 is 0 Å². The zero-order valence-electron chi connectivity index (χ0n) is 9.46. The summed E-state index contributed by atoms with van der Waals surface area (Å²) in [5, 5.41) is 4.39. The second-order valence-corrected chi connectivity index (χ2v) is 5.67. The number of thiophene rings is 1. The van der Waals surface area contributed by atoms with Gasteiger partial charge in [-0.15, -0.1) is 11.3 Å². The van der Waals surface area contributed by atoms with Crippen molar-refractivity contribution in [3.63, 3.8) is 0 Å². The minimum atomic E-state index is 1.06. The quantitative estimate of drug-likeness (QED) is 0.764. The van der Waals surface area contributed by atoms with Crippen molar-refractivity contribution >= 4 is 23.1 Å². The van der Waals surface area contributed by atoms with Crippen LogP contribution in [0.1, 0.15) is 0 Å². The summed E-state index contributed by atoms with van der Waals surface area (Å²) in [6, 6.07) is 4.18. The first-order valence-corrected chi connectivity index (χ1v) is 6.98. The average molecular weight is 253 g/mol. The Morgan fingerprint density at radius 1 is 1.50 bits per heavy atom. The van der Waals surface area contributed by atoms with Crippen LogP contribution in [-0.4, -0.2) is 40.8 Å². The van der Waals surface area contributed by atoms with E-state index in [0.29, 0.717) is 0 Å². The minimum absolute atomic E-state index is 1.06. The minimum Gasteiger partial charge on any atom is -0.309 e. The predicted molar refractivity (Wildman–Crippen MR) is 70.7 cm³/mol. The molecule has 2 aromatic rings. The van der Waals surface area contributed by atoms with E-state index in [1.807, 2.05) is 12.4 Å². The van der Waals surface area contributed by atoms with Gasteiger partial charge >= 0.3 is 0 Å². The van der Waals surface area contributed by atoms with Crippen molar-refractivity contribution in [2.75, 3.05) is 26.4 Å². The molecule has 0 aliphatic rings. The molecule has 0 spiro atoms. The third-order valence-corrected chi connectivity index (χ3v) is 3.93. The molecule has 2 heterocycles. The molecule has 0 saturated carbocycles. The molecule has 86 valence electrons. The zero-order chi connectivity index (χ0) is 11.4. The summed E-state index contributed by atoms with van der Waals surface area (Å²) in [6.07, 6.45) is 3.88. The first kappa shape index (κ1) is 11.7. The van der Waals surface area contributed by atoms with Gasteiger partial charge in [-0.05, 0) is 31.6 Å². The third-order valence-electron chi connectivity index (χ3n) is 2.12. The number of hydrogen-bond acceptors (Lipinski definition) is 4. The van der Waals surface area contributed by atoms with Crippen molar-refractivity contribution in [1.82, 2.24) is 14.5 Å². The van der Waals surface area contributed by atoms with E-state index in [0.717, 1.165) is 17.5 Å². The maximum atomic E-state index is 4.38. The van der Waals surface area contributed by atoms with Gasteiger partial charge in [0.2, 0.25) is 0 Å². The van der Waals surface area contributed by atoms with Gasteiger partial charge in [0, 0.05) is 24.7 Å². The number of aromatic nitrogens is 2. The lowest BCUT2D eigenvalue weighted by molar-refractivity contribution is 0.437. The van der Waals surface area contributed by atoms with Gasteiger partial charge in [0.1, 0.15) is 5.00 Å². The van der Waals surface area contributed by atoms with Gasteiger partial charge in [-0.2, -0.15) is 0 Å². The fourth-order valence-electron chi connectivity index (χ4n) is 1.29. The summed E-state index contributed by atoms with van der Waals surface area (Å²) in [4.78, 5) is 6.57. The van der Waals surface area contributed by atoms with Crippen molar-refractivity contribution in [2.24, 2.45) is 0 Å². The Bertz CT molecular complexity index is 420. The highest BCUT2D eigenvalue weighted by Gasteiger charge is 2.06. The van der Waals surface area contributed by atoms with Gasteiger partial charge in [0.25, 0.3) is 0 Å². The molecule has 0 aliphatic heterocycles. The van der Waals surface area contributed by atoms with Crippen LogP contribution in [0.2, 0.25) is 0 Å². The largest absolute Gasteiger partial charge is 0.309 e. The highest BCUT2D eigenvalue weighted by molar-refractivity contribution is 7.99. The van der Waals surface area contributed by atoms with Crippen molar-refractivity contribution in [3.8, 4) is 5.00 Å². The number of thioether (sulfide) groups is 1. The highest BCUT2D eigenvalue weighted by atomic mass is 32.2. The van der Waals surface area contributed by atoms with Crippen LogP contribution in [0.3, 0.4) is 0 Å². The van der Waals surface area contributed by atoms with E-state index in [2.05, 4.69) is 46.1 Å². The first-order valence-electron chi connectivity index (χ1n) is 5.12. The van der Waals surface area contributed by atoms with Gasteiger partial charge in [-0.1, -0.05) is 11.8 Å². The normalized spacial score (nSPS) is 11.2. The van der Waals surface area contributed by atoms with Gasteiger partial charge in [-0.3, -0.25) is 4.57 Å². The summed E-state index contributed by atoms with van der Waals surface area (Å²) in [5.74, 6) is 1.06. The molecule has 0 amide bonds. The van der Waals surface area contributed by atoms with E-state index in [9.17, 15) is 0 Å². The van der Waals surface area contributed by atoms with Gasteiger partial charge < -0.3 is 4.90 Å². The maximum Gasteiger partial charge on any atom is 0.173 e. The molecule has 0 aliphatic carbocycles. The summed E-state index contributed by atoms with van der Waals surface area (Å²) in [6.45, 7) is 1.07. The maximum absolute atomic E-state index is 4.38. The standard InChI is InChI=1S/C11H15N3S2/c1-13(2)7-9-16-11-12-5-6-14(11)10-4-3-8-15-10/h3-6,8H,7,9H2,1-2H3. The number of rotatable bonds is 5. The fourth-order valence-corrected chi connectivity index (χ4v) is 3.14. The smallest absolute Gasteiger partial charge is 0.173 e. The van der Waals surface area contributed by atoms with Crippen LogP contribution in [0.4, 0.5) is 0 Å². The van der Waals surface area contributed by atoms with E-state index >= 15 is 0 Å². The Hall–Kier alpha value is -0.780. The Kier molecular flexibility index (Phi) is 4.04. The van der Waals surface area contributed by atoms with Crippen molar-refractivity contribution in [1.29, 1.82) is 0 Å². The molecule has 0 aromatic carbocycles. The van der Waals surface area contributed by atoms with Gasteiger partial charge in [-0.25, -0.2) is 4.98 Å². The van der Waals surface area contributed by atoms with E-state index in [-0.39, 0.29) is 0 Å². The van der Waals surface area contributed by atoms with Crippen LogP contribution in [-0.2, 0) is 0 Å². The fraction of sp³-hybridized carbons (Fsp3) is 0.364. The average Bonchev–Trinajstić information content (AvgIpc) is 2.84. The summed E-state index contributed by atoms with van der Waals surface area (Å²) >= 11 is 3.53. The topological polar surface area (TPSA) is 21.1 Å². The van der Waals surface area contributed by atoms with E-state index in [1.54, 1.807) is 23.1 Å². The van der Waals surface area contributed by atoms with Crippen LogP contribution in [0, 0.1) is 0 Å². The number of nitrogens with zero attached hydrogens (tertiary/aromatic N) is 3. The van der Waals surface area contributed by atoms with Gasteiger partial charge in [0.15, 0.2) is 5.16 Å². The molecule has 5 heteroatoms. The van der Waals surface area contributed by atoms with Crippen molar-refractivity contribution in [2.45, 2.75) is 5.16 Å². The van der Waals surface area contributed by atoms with E-state index in [4.69, 9.17) is 0 Å². The molecule has 16 heavy (non-hydrogen) atoms. The molecular formula is C11H15N3S2. The van der Waals surface area contributed by atoms with Crippen LogP contribution >= 0.6 is 23.1 Å². The Labute approximate surface area is 104 Å². The number of imidazole rings is 1. The molecule has 0 N–H and O–H groups in total. The zero-order valence-corrected chi connectivity index (χ0v) is 11.1. The van der Waals surface area contributed by atoms with Crippen LogP contribution in [0.5, 0.6) is 0 Å². The lowest BCUT2D eigenvalue weighted by atomic mass is 10.6. The molecule has 0 saturated heterocycles. The Morgan fingerprint density at radius 2 is 2.38 bits per heavy atom. The predicted octanol–water partition coefficient (Wildman–Crippen LogP) is 2.59. The van der Waals surface area contributed by atoms with Crippen molar-refractivity contribution in [3.05, 3.63) is 29.9 Å². The molecule has 0 fully saturated rings. The summed E-state index contributed by atoms with van der Waals surface area (Å²) in [5.41, 5.74) is 0. The second-order valence-electron chi connectivity index (χ2n) is 3.68. The molecule has 0 unspecified atom stereocenters. The first-order chi connectivity index (χ1) is 7.77. The van der Waals surface area contributed by atoms with Crippen LogP contribution in [0.15, 0.2) is 35.1 Å². The second kappa shape index (κ2) is 5.52. The third kappa shape index (κ3) is 2.87. The molecular weight excluding hydrogens is 238 g/mol. The number of hydrogen-bond donors (Lipinski definition) is 0. The lowest BCUT2D eigenvalue weighted by Gasteiger charge is -2.09. The molecule has 0 radical (unpaired) electrons. The Morgan fingerprint density at radius 3 is 3.06 bits per heavy atom. The molecule has 2 aromatic heterocycles. The van der Waals surface area contributed by atoms with Crippen LogP contribution < -0.4 is 0 Å². The van der Waals surface area contributed by atoms with E-state index < -0.39 is 0 Å². The summed E-state index contributed by atoms with van der Waals surface area (Å²) in [7, 11) is 4.18. The monoisotopic (exact) mass is 253 g/mol. The van der Waals surface area contributed by atoms with Gasteiger partial charge in [0.05, 0.1) is 0 Å². The van der Waals surface area contributed by atoms with Crippen LogP contribution in [0.25, 0.3) is 5.00 Å². The molecule has 0 atom stereocenters. The summed E-state index contributed by atoms with van der Waals surface area (Å²) < 4.78 is 2.14.